The van der Waals surface area contributed by atoms with Crippen LogP contribution in [0.2, 0.25) is 0 Å². The molecule has 0 aromatic rings. The summed E-state index contributed by atoms with van der Waals surface area (Å²) in [7, 11) is 1.84. The number of unbranched alkanes of at least 4 members (excludes halogenated alkanes) is 1. The number of aliphatic imine (C=N–C) groups is 1. The third-order valence-electron chi connectivity index (χ3n) is 9.82. The van der Waals surface area contributed by atoms with Gasteiger partial charge in [0.2, 0.25) is 59.1 Å². The number of rotatable bonds is 14. The van der Waals surface area contributed by atoms with Crippen molar-refractivity contribution in [2.75, 3.05) is 44.2 Å². The van der Waals surface area contributed by atoms with Gasteiger partial charge in [-0.05, 0) is 51.5 Å². The maximum Gasteiger partial charge on any atom is 0.305 e. The molecule has 0 bridgehead atoms. The Labute approximate surface area is 391 Å². The molecule has 2 fully saturated rings. The van der Waals surface area contributed by atoms with Crippen molar-refractivity contribution in [2.24, 2.45) is 27.9 Å². The van der Waals surface area contributed by atoms with Gasteiger partial charge in [-0.1, -0.05) is 21.6 Å². The van der Waals surface area contributed by atoms with Crippen LogP contribution in [0.15, 0.2) is 4.99 Å². The highest BCUT2D eigenvalue weighted by Gasteiger charge is 2.38. The molecule has 2 saturated heterocycles. The third kappa shape index (κ3) is 21.2. The highest BCUT2D eigenvalue weighted by molar-refractivity contribution is 8.76. The molecule has 18 N–H and O–H groups in total. The number of amides is 10. The molecule has 0 spiro atoms. The number of nitrogens with two attached hydrogens (primary N) is 4. The number of fused-ring (bicyclic) bond motifs is 1. The van der Waals surface area contributed by atoms with Crippen molar-refractivity contribution in [2.45, 2.75) is 107 Å². The maximum absolute atomic E-state index is 13.6. The number of carbonyl (C=O) groups is 12. The molecule has 0 radical (unpaired) electrons. The van der Waals surface area contributed by atoms with Gasteiger partial charge in [0, 0.05) is 31.5 Å². The lowest BCUT2D eigenvalue weighted by molar-refractivity contribution is -0.143. The van der Waals surface area contributed by atoms with Gasteiger partial charge in [-0.25, -0.2) is 0 Å². The van der Waals surface area contributed by atoms with Gasteiger partial charge in [-0.3, -0.25) is 62.5 Å². The number of nitrogens with one attached hydrogen (secondary N) is 8. The van der Waals surface area contributed by atoms with Crippen LogP contribution < -0.4 is 65.5 Å². The van der Waals surface area contributed by atoms with Crippen molar-refractivity contribution in [3.05, 3.63) is 0 Å². The van der Waals surface area contributed by atoms with Crippen molar-refractivity contribution in [1.82, 2.24) is 47.4 Å². The molecule has 67 heavy (non-hydrogen) atoms. The number of hydrogen-bond donors (Lipinski definition) is 14. The van der Waals surface area contributed by atoms with E-state index >= 15 is 0 Å². The summed E-state index contributed by atoms with van der Waals surface area (Å²) < 4.78 is 0. The topological polar surface area (TPSA) is 461 Å². The van der Waals surface area contributed by atoms with E-state index in [1.807, 2.05) is 0 Å². The van der Waals surface area contributed by atoms with E-state index < -0.39 is 139 Å². The summed E-state index contributed by atoms with van der Waals surface area (Å²) in [6, 6.07) is -10.3. The number of carboxylic acids is 2. The van der Waals surface area contributed by atoms with Crippen LogP contribution in [-0.4, -0.2) is 179 Å². The predicted octanol–water partition coefficient (Wildman–Crippen LogP) is -6.85. The lowest BCUT2D eigenvalue weighted by atomic mass is 10.1. The fraction of sp³-hybridized carbons (Fsp3) is 0.649. The molecule has 2 rings (SSSR count). The standard InChI is InChI=1S/C37H60N14O14S2/c1-18(52)45-24-17-67-66-16-23(30(39)59)50-34(63)22(13-29(57)58)49-36(65)25-8-5-11-51(25)27(54)15-44-32(61)19(6-2-3-9-38)47-33(62)21(12-28(55)56)46-26(53)14-43-31(60)20(48-35(24)64)7-4-10-42-37(40)41/h19-25H,2-17,38H2,1H3,(H2,39,59)(H,43,60)(H,44,61)(H,45,52)(H,46,53)(H,47,62)(H,48,64)(H,49,65)(H,50,63)(H,55,56)(H,57,58)(H4,40,41,42)/t19?,20-,21-,22-,23?,24-,25-/m0/s1. The summed E-state index contributed by atoms with van der Waals surface area (Å²) in [6.07, 6.45) is -0.920. The lowest BCUT2D eigenvalue weighted by Crippen LogP contribution is -2.58. The van der Waals surface area contributed by atoms with E-state index in [1.54, 1.807) is 0 Å². The smallest absolute Gasteiger partial charge is 0.305 e. The molecule has 2 aliphatic rings. The van der Waals surface area contributed by atoms with Gasteiger partial charge >= 0.3 is 11.9 Å². The molecule has 7 atom stereocenters. The highest BCUT2D eigenvalue weighted by Crippen LogP contribution is 2.24. The van der Waals surface area contributed by atoms with Gasteiger partial charge in [0.25, 0.3) is 0 Å². The average Bonchev–Trinajstić information content (AvgIpc) is 3.75. The van der Waals surface area contributed by atoms with Crippen LogP contribution in [0.25, 0.3) is 0 Å². The molecule has 374 valence electrons. The fourth-order valence-electron chi connectivity index (χ4n) is 6.50. The van der Waals surface area contributed by atoms with Crippen molar-refractivity contribution in [3.8, 4) is 0 Å². The molecule has 30 heteroatoms. The first-order valence-electron chi connectivity index (χ1n) is 21.0. The zero-order valence-corrected chi connectivity index (χ0v) is 38.3. The van der Waals surface area contributed by atoms with E-state index in [1.165, 1.54) is 0 Å². The molecular formula is C37H60N14O14S2. The number of carboxylic acid groups (broad SMARTS) is 2. The zero-order chi connectivity index (χ0) is 50.2. The Balaban J connectivity index is 2.54. The lowest BCUT2D eigenvalue weighted by Gasteiger charge is -2.27. The van der Waals surface area contributed by atoms with Crippen LogP contribution >= 0.6 is 21.6 Å². The predicted molar refractivity (Wildman–Crippen MR) is 239 cm³/mol. The number of carbonyl (C=O) groups excluding carboxylic acids is 10. The van der Waals surface area contributed by atoms with Crippen LogP contribution in [0.5, 0.6) is 0 Å². The Morgan fingerprint density at radius 3 is 1.84 bits per heavy atom. The minimum absolute atomic E-state index is 0.0115. The molecule has 2 aliphatic heterocycles. The Morgan fingerprint density at radius 2 is 1.25 bits per heavy atom. The normalized spacial score (nSPS) is 24.8. The van der Waals surface area contributed by atoms with Gasteiger partial charge in [0.05, 0.1) is 25.9 Å². The van der Waals surface area contributed by atoms with Gasteiger partial charge in [-0.15, -0.1) is 0 Å². The first kappa shape index (κ1) is 56.7. The SMILES string of the molecule is CC(=O)N[C@H]1CSSCC(C(N)=O)NC(=O)[C@H](CC(=O)O)NC(=O)[C@@H]2CCCN2C(=O)CNC(=O)C(CCCCN)NC(=O)[C@H](CC(=O)O)NC(=O)CNC(=O)[C@H](CCCN=C(N)N)NC1=O. The van der Waals surface area contributed by atoms with Gasteiger partial charge in [0.15, 0.2) is 5.96 Å². The molecule has 28 nitrogen and oxygen atoms in total. The monoisotopic (exact) mass is 988 g/mol. The minimum atomic E-state index is -1.79. The zero-order valence-electron chi connectivity index (χ0n) is 36.7. The van der Waals surface area contributed by atoms with E-state index in [0.717, 1.165) is 33.4 Å². The molecule has 2 unspecified atom stereocenters. The van der Waals surface area contributed by atoms with E-state index in [2.05, 4.69) is 47.5 Å². The summed E-state index contributed by atoms with van der Waals surface area (Å²) in [6.45, 7) is -0.172. The van der Waals surface area contributed by atoms with Crippen LogP contribution in [0.1, 0.15) is 64.7 Å². The largest absolute Gasteiger partial charge is 0.481 e. The van der Waals surface area contributed by atoms with Gasteiger partial charge < -0.3 is 80.6 Å². The summed E-state index contributed by atoms with van der Waals surface area (Å²) in [5, 5.41) is 38.0. The molecule has 2 heterocycles. The number of nitrogens with zero attached hydrogens (tertiary/aromatic N) is 2. The second kappa shape index (κ2) is 29.3. The van der Waals surface area contributed by atoms with Crippen molar-refractivity contribution in [3.63, 3.8) is 0 Å². The molecule has 0 aromatic heterocycles. The Bertz CT molecular complexity index is 1870. The number of hydrogen-bond acceptors (Lipinski definition) is 16. The van der Waals surface area contributed by atoms with Gasteiger partial charge in [-0.2, -0.15) is 0 Å². The fourth-order valence-corrected chi connectivity index (χ4v) is 8.84. The van der Waals surface area contributed by atoms with Gasteiger partial charge in [0.1, 0.15) is 42.3 Å². The molecule has 0 aliphatic carbocycles. The third-order valence-corrected chi connectivity index (χ3v) is 12.2. The van der Waals surface area contributed by atoms with Crippen LogP contribution in [-0.2, 0) is 57.5 Å². The first-order chi connectivity index (χ1) is 31.6. The second-order valence-electron chi connectivity index (χ2n) is 15.2. The number of guanidine groups is 1. The van der Waals surface area contributed by atoms with E-state index in [0.29, 0.717) is 12.8 Å². The summed E-state index contributed by atoms with van der Waals surface area (Å²) >= 11 is 0. The highest BCUT2D eigenvalue weighted by atomic mass is 33.1. The molecule has 0 aromatic carbocycles. The Hall–Kier alpha value is -6.43. The minimum Gasteiger partial charge on any atom is -0.481 e. The van der Waals surface area contributed by atoms with Crippen LogP contribution in [0, 0.1) is 0 Å². The van der Waals surface area contributed by atoms with Crippen LogP contribution in [0.4, 0.5) is 0 Å². The van der Waals surface area contributed by atoms with Crippen molar-refractivity contribution < 1.29 is 67.7 Å². The maximum atomic E-state index is 13.6. The quantitative estimate of drug-likeness (QED) is 0.0333. The Morgan fingerprint density at radius 1 is 0.701 bits per heavy atom. The number of aliphatic carboxylic acids is 2. The Kier molecular flexibility index (Phi) is 24.8. The van der Waals surface area contributed by atoms with E-state index in [-0.39, 0.29) is 69.2 Å². The summed E-state index contributed by atoms with van der Waals surface area (Å²) in [5.41, 5.74) is 21.9. The average molecular weight is 989 g/mol. The van der Waals surface area contributed by atoms with E-state index in [9.17, 15) is 67.7 Å². The summed E-state index contributed by atoms with van der Waals surface area (Å²) in [4.78, 5) is 160. The second-order valence-corrected chi connectivity index (χ2v) is 17.8. The molecule has 10 amide bonds. The van der Waals surface area contributed by atoms with E-state index in [4.69, 9.17) is 22.9 Å². The summed E-state index contributed by atoms with van der Waals surface area (Å²) in [5.74, 6) is -13.1. The molecular weight excluding hydrogens is 929 g/mol. The number of primary amides is 1. The molecule has 0 saturated carbocycles. The van der Waals surface area contributed by atoms with Crippen molar-refractivity contribution in [1.29, 1.82) is 0 Å². The van der Waals surface area contributed by atoms with Crippen LogP contribution in [0.3, 0.4) is 0 Å². The van der Waals surface area contributed by atoms with Crippen molar-refractivity contribution >= 4 is 98.6 Å². The first-order valence-corrected chi connectivity index (χ1v) is 23.5.